The molecule has 1 amide bonds. The Hall–Kier alpha value is -1.01. The summed E-state index contributed by atoms with van der Waals surface area (Å²) in [7, 11) is 3.57. The van der Waals surface area contributed by atoms with Gasteiger partial charge in [-0.2, -0.15) is 0 Å². The molecule has 0 aliphatic carbocycles. The van der Waals surface area contributed by atoms with Gasteiger partial charge in [-0.3, -0.25) is 0 Å². The lowest BCUT2D eigenvalue weighted by atomic mass is 10.2. The van der Waals surface area contributed by atoms with Crippen molar-refractivity contribution >= 4 is 33.4 Å². The first kappa shape index (κ1) is 18.0. The van der Waals surface area contributed by atoms with E-state index >= 15 is 0 Å². The molecule has 1 rings (SSSR count). The fourth-order valence-electron chi connectivity index (χ4n) is 1.36. The molecule has 4 nitrogen and oxygen atoms in total. The Morgan fingerprint density at radius 3 is 2.52 bits per heavy atom. The fraction of sp³-hybridized carbons (Fsp3) is 0.533. The van der Waals surface area contributed by atoms with E-state index in [1.165, 1.54) is 0 Å². The van der Waals surface area contributed by atoms with E-state index in [1.807, 2.05) is 29.9 Å². The summed E-state index contributed by atoms with van der Waals surface area (Å²) < 4.78 is 5.40. The molecule has 1 aromatic carbocycles. The van der Waals surface area contributed by atoms with Crippen molar-refractivity contribution in [2.75, 3.05) is 11.5 Å². The number of rotatable bonds is 6. The van der Waals surface area contributed by atoms with Crippen molar-refractivity contribution in [1.82, 2.24) is 5.32 Å². The van der Waals surface area contributed by atoms with Crippen LogP contribution in [0, 0.1) is 0 Å². The van der Waals surface area contributed by atoms with E-state index in [2.05, 4.69) is 26.1 Å². The van der Waals surface area contributed by atoms with Gasteiger partial charge < -0.3 is 15.8 Å². The number of nitrogen functional groups attached to an aromatic ring is 1. The Morgan fingerprint density at radius 1 is 1.33 bits per heavy atom. The predicted molar refractivity (Wildman–Crippen MR) is 93.4 cm³/mol. The average Bonchev–Trinajstić information content (AvgIpc) is 2.36. The van der Waals surface area contributed by atoms with Gasteiger partial charge in [-0.1, -0.05) is 54.5 Å². The van der Waals surface area contributed by atoms with Gasteiger partial charge in [0.15, 0.2) is 0 Å². The van der Waals surface area contributed by atoms with E-state index in [9.17, 15) is 4.79 Å². The molecule has 0 bridgehead atoms. The number of alkyl carbamates (subject to hydrolysis) is 1. The lowest BCUT2D eigenvalue weighted by molar-refractivity contribution is 0.137. The number of hydrogen-bond donors (Lipinski definition) is 2. The maximum absolute atomic E-state index is 11.7. The van der Waals surface area contributed by atoms with Crippen LogP contribution in [0.25, 0.3) is 0 Å². The zero-order valence-corrected chi connectivity index (χ0v) is 14.6. The molecule has 0 aromatic heterocycles. The summed E-state index contributed by atoms with van der Waals surface area (Å²) in [6, 6.07) is 7.35. The van der Waals surface area contributed by atoms with Crippen LogP contribution < -0.4 is 11.1 Å². The molecule has 0 spiro atoms. The molecule has 0 heterocycles. The van der Waals surface area contributed by atoms with E-state index < -0.39 is 0 Å². The van der Waals surface area contributed by atoms with Crippen LogP contribution in [0.4, 0.5) is 10.5 Å². The second-order valence-corrected chi connectivity index (χ2v) is 9.01. The Balaban J connectivity index is 2.22. The molecular weight excluding hydrogens is 304 g/mol. The molecule has 1 atom stereocenters. The number of carbonyl (C=O) groups excluding carboxylic acids is 1. The average molecular weight is 329 g/mol. The lowest BCUT2D eigenvalue weighted by Gasteiger charge is -2.18. The minimum Gasteiger partial charge on any atom is -0.445 e. The molecule has 6 heteroatoms. The Bertz CT molecular complexity index is 444. The molecule has 3 N–H and O–H groups in total. The Labute approximate surface area is 135 Å². The van der Waals surface area contributed by atoms with Gasteiger partial charge in [-0.05, 0) is 24.6 Å². The number of nitrogens with two attached hydrogens (primary N) is 1. The molecule has 0 saturated carbocycles. The summed E-state index contributed by atoms with van der Waals surface area (Å²) in [5.41, 5.74) is 7.22. The summed E-state index contributed by atoms with van der Waals surface area (Å²) in [6.07, 6.45) is -0.388. The van der Waals surface area contributed by atoms with Crippen LogP contribution >= 0.6 is 21.6 Å². The van der Waals surface area contributed by atoms with E-state index in [0.29, 0.717) is 5.69 Å². The van der Waals surface area contributed by atoms with Crippen molar-refractivity contribution < 1.29 is 9.53 Å². The maximum atomic E-state index is 11.7. The van der Waals surface area contributed by atoms with Gasteiger partial charge in [0.25, 0.3) is 0 Å². The highest BCUT2D eigenvalue weighted by atomic mass is 33.1. The zero-order valence-electron chi connectivity index (χ0n) is 13.0. The minimum absolute atomic E-state index is 0.0729. The van der Waals surface area contributed by atoms with Crippen molar-refractivity contribution in [3.63, 3.8) is 0 Å². The molecule has 1 aromatic rings. The summed E-state index contributed by atoms with van der Waals surface area (Å²) >= 11 is 0. The van der Waals surface area contributed by atoms with Crippen LogP contribution in [0.5, 0.6) is 0 Å². The maximum Gasteiger partial charge on any atom is 0.407 e. The summed E-state index contributed by atoms with van der Waals surface area (Å²) in [5, 5.41) is 2.83. The normalized spacial score (nSPS) is 12.8. The molecule has 0 aliphatic heterocycles. The molecule has 118 valence electrons. The van der Waals surface area contributed by atoms with E-state index in [0.717, 1.165) is 11.3 Å². The first-order valence-electron chi connectivity index (χ1n) is 6.84. The zero-order chi connectivity index (χ0) is 15.9. The first-order valence-corrected chi connectivity index (χ1v) is 9.16. The van der Waals surface area contributed by atoms with E-state index in [-0.39, 0.29) is 23.5 Å². The molecule has 0 fully saturated rings. The first-order chi connectivity index (χ1) is 9.76. The van der Waals surface area contributed by atoms with Gasteiger partial charge in [0.05, 0.1) is 0 Å². The minimum atomic E-state index is -0.388. The second kappa shape index (κ2) is 8.44. The van der Waals surface area contributed by atoms with Gasteiger partial charge >= 0.3 is 6.09 Å². The van der Waals surface area contributed by atoms with Crippen LogP contribution in [0.15, 0.2) is 24.3 Å². The molecular formula is C15H24N2O2S2. The smallest absolute Gasteiger partial charge is 0.407 e. The third-order valence-electron chi connectivity index (χ3n) is 2.34. The lowest BCUT2D eigenvalue weighted by Crippen LogP contribution is -2.34. The summed E-state index contributed by atoms with van der Waals surface area (Å²) in [5.74, 6) is 0.846. The van der Waals surface area contributed by atoms with Crippen LogP contribution in [0.3, 0.4) is 0 Å². The van der Waals surface area contributed by atoms with Crippen molar-refractivity contribution in [1.29, 1.82) is 0 Å². The third-order valence-corrected chi connectivity index (χ3v) is 5.86. The molecule has 21 heavy (non-hydrogen) atoms. The highest BCUT2D eigenvalue weighted by Gasteiger charge is 2.13. The number of anilines is 1. The van der Waals surface area contributed by atoms with Gasteiger partial charge in [0.1, 0.15) is 6.61 Å². The van der Waals surface area contributed by atoms with Gasteiger partial charge in [-0.15, -0.1) is 0 Å². The monoisotopic (exact) mass is 328 g/mol. The van der Waals surface area contributed by atoms with Gasteiger partial charge in [-0.25, -0.2) is 4.79 Å². The highest BCUT2D eigenvalue weighted by Crippen LogP contribution is 2.35. The van der Waals surface area contributed by atoms with Crippen LogP contribution in [0.1, 0.15) is 33.3 Å². The van der Waals surface area contributed by atoms with Crippen LogP contribution in [-0.4, -0.2) is 22.6 Å². The molecule has 0 radical (unpaired) electrons. The van der Waals surface area contributed by atoms with E-state index in [1.54, 1.807) is 22.9 Å². The van der Waals surface area contributed by atoms with Crippen molar-refractivity contribution in [2.45, 2.75) is 45.1 Å². The quantitative estimate of drug-likeness (QED) is 0.609. The van der Waals surface area contributed by atoms with Gasteiger partial charge in [0, 0.05) is 22.2 Å². The number of amides is 1. The summed E-state index contributed by atoms with van der Waals surface area (Å²) in [4.78, 5) is 11.7. The predicted octanol–water partition coefficient (Wildman–Crippen LogP) is 4.06. The number of carbonyl (C=O) groups is 1. The number of nitrogens with one attached hydrogen (secondary N) is 1. The van der Waals surface area contributed by atoms with Crippen molar-refractivity contribution in [3.8, 4) is 0 Å². The van der Waals surface area contributed by atoms with Crippen molar-refractivity contribution in [2.24, 2.45) is 0 Å². The van der Waals surface area contributed by atoms with Gasteiger partial charge in [0.2, 0.25) is 0 Å². The largest absolute Gasteiger partial charge is 0.445 e. The van der Waals surface area contributed by atoms with Crippen LogP contribution in [-0.2, 0) is 11.3 Å². The third kappa shape index (κ3) is 8.78. The number of benzene rings is 1. The number of ether oxygens (including phenoxy) is 1. The molecule has 0 saturated heterocycles. The highest BCUT2D eigenvalue weighted by molar-refractivity contribution is 8.77. The Morgan fingerprint density at radius 2 is 1.95 bits per heavy atom. The number of hydrogen-bond acceptors (Lipinski definition) is 5. The fourth-order valence-corrected chi connectivity index (χ4v) is 3.95. The van der Waals surface area contributed by atoms with Crippen LogP contribution in [0.2, 0.25) is 0 Å². The standard InChI is InChI=1S/C15H24N2O2S2/c1-11(10-20-21-15(2,3)4)17-14(18)19-9-12-5-7-13(16)8-6-12/h5-8,11H,9-10,16H2,1-4H3,(H,17,18). The molecule has 0 aliphatic rings. The second-order valence-electron chi connectivity index (χ2n) is 5.84. The Kier molecular flexibility index (Phi) is 7.25. The SMILES string of the molecule is CC(CSSC(C)(C)C)NC(=O)OCc1ccc(N)cc1. The topological polar surface area (TPSA) is 64.3 Å². The van der Waals surface area contributed by atoms with Crippen molar-refractivity contribution in [3.05, 3.63) is 29.8 Å². The molecule has 1 unspecified atom stereocenters. The van der Waals surface area contributed by atoms with E-state index in [4.69, 9.17) is 10.5 Å². The summed E-state index contributed by atoms with van der Waals surface area (Å²) in [6.45, 7) is 8.74.